The molecule has 1 aliphatic heterocycles. The van der Waals surface area contributed by atoms with E-state index in [2.05, 4.69) is 20.7 Å². The third-order valence-corrected chi connectivity index (χ3v) is 5.41. The zero-order chi connectivity index (χ0) is 28.1. The fourth-order valence-corrected chi connectivity index (χ4v) is 3.59. The number of amides is 2. The van der Waals surface area contributed by atoms with Crippen molar-refractivity contribution in [3.63, 3.8) is 0 Å². The minimum Gasteiger partial charge on any atom is -0.650 e. The Balaban J connectivity index is 0. The van der Waals surface area contributed by atoms with E-state index in [4.69, 9.17) is 9.47 Å². The van der Waals surface area contributed by atoms with Crippen LogP contribution in [-0.2, 0) is 35.3 Å². The first-order valence-electron chi connectivity index (χ1n) is 12.2. The minimum absolute atomic E-state index is 0. The van der Waals surface area contributed by atoms with Crippen LogP contribution in [0.4, 0.5) is 5.69 Å². The molecule has 2 rings (SSSR count). The number of aliphatic hydroxyl groups excluding tert-OH is 1. The summed E-state index contributed by atoms with van der Waals surface area (Å²) in [6.45, 7) is 10.5. The number of anilines is 1. The summed E-state index contributed by atoms with van der Waals surface area (Å²) in [6.07, 6.45) is -3.32. The topological polar surface area (TPSA) is 173 Å². The molecule has 1 aromatic carbocycles. The zero-order valence-corrected chi connectivity index (χ0v) is 27.2. The van der Waals surface area contributed by atoms with Gasteiger partial charge in [0.25, 0.3) is 0 Å². The molecule has 0 spiro atoms. The number of nitrogens with one attached hydrogen (secondary N) is 3. The number of carboxylic acids is 1. The van der Waals surface area contributed by atoms with E-state index in [1.165, 1.54) is 25.5 Å². The Morgan fingerprint density at radius 2 is 1.79 bits per heavy atom. The Morgan fingerprint density at radius 1 is 1.15 bits per heavy atom. The van der Waals surface area contributed by atoms with Gasteiger partial charge in [-0.05, 0) is 37.6 Å². The largest absolute Gasteiger partial charge is 1.00 e. The minimum atomic E-state index is -1.24. The molecule has 13 heteroatoms. The smallest absolute Gasteiger partial charge is 0.650 e. The number of ether oxygens (including phenoxy) is 3. The summed E-state index contributed by atoms with van der Waals surface area (Å²) in [7, 11) is 1.65. The summed E-state index contributed by atoms with van der Waals surface area (Å²) in [5.41, 5.74) is 0.684. The van der Waals surface area contributed by atoms with Crippen LogP contribution in [0, 0.1) is 13.3 Å². The molecule has 12 nitrogen and oxygen atoms in total. The normalized spacial score (nSPS) is 19.4. The molecule has 5 atom stereocenters. The number of rotatable bonds is 12. The first-order valence-corrected chi connectivity index (χ1v) is 12.2. The Bertz CT molecular complexity index is 917. The van der Waals surface area contributed by atoms with E-state index in [0.29, 0.717) is 5.56 Å². The van der Waals surface area contributed by atoms with Crippen molar-refractivity contribution < 1.29 is 95.0 Å². The molecule has 0 bridgehead atoms. The van der Waals surface area contributed by atoms with Crippen LogP contribution in [-0.4, -0.2) is 72.1 Å². The van der Waals surface area contributed by atoms with Crippen molar-refractivity contribution in [2.45, 2.75) is 84.6 Å². The average molecular weight is 579 g/mol. The van der Waals surface area contributed by atoms with Crippen molar-refractivity contribution in [1.29, 1.82) is 0 Å². The number of benzene rings is 1. The zero-order valence-electron chi connectivity index (χ0n) is 24.1. The monoisotopic (exact) mass is 578 g/mol. The summed E-state index contributed by atoms with van der Waals surface area (Å²) >= 11 is 0. The van der Waals surface area contributed by atoms with Gasteiger partial charge in [-0.15, -0.1) is 0 Å². The molecule has 216 valence electrons. The third kappa shape index (κ3) is 13.1. The van der Waals surface area contributed by atoms with Crippen LogP contribution in [0.25, 0.3) is 0 Å². The molecule has 1 aliphatic rings. The summed E-state index contributed by atoms with van der Waals surface area (Å²) < 4.78 is 15.8. The average Bonchev–Trinajstić information content (AvgIpc) is 2.85. The maximum absolute atomic E-state index is 12.8. The molecule has 1 saturated heterocycles. The van der Waals surface area contributed by atoms with E-state index < -0.39 is 42.5 Å². The second-order valence-electron chi connectivity index (χ2n) is 8.57. The van der Waals surface area contributed by atoms with Crippen molar-refractivity contribution in [1.82, 2.24) is 10.6 Å². The van der Waals surface area contributed by atoms with Crippen molar-refractivity contribution >= 4 is 29.9 Å². The number of carbonyl (C=O) groups is 3. The standard InChI is InChI=1S/C23H32N3O9.C2H6.CH3.K/c1-12(2)20(24-4)22(30)25-13(3)21(29)26-16-7-14(10-33-11-27)5-6-17(16)34-19-9-15(28)8-18(35-19)23(31)32;1-2;;/h5-7,12-13,15,18-20,24,28H,8-10H2,1-4H3,(H,25,30)(H,26,29)(H,31,32);1-2H3;1H3;/q-1;;-1;+1. The van der Waals surface area contributed by atoms with Crippen LogP contribution in [0.3, 0.4) is 0 Å². The van der Waals surface area contributed by atoms with Crippen LogP contribution in [0.15, 0.2) is 18.2 Å². The van der Waals surface area contributed by atoms with Crippen LogP contribution in [0.1, 0.15) is 53.0 Å². The SMILES string of the molecule is CC.CNC(C(=O)NC(C)C(=O)Nc1cc(CO[C-]=O)ccc1OC1CC(O)CC(C(=O)O)O1)C(C)C.[CH3-].[K+]. The number of aliphatic hydroxyl groups is 1. The summed E-state index contributed by atoms with van der Waals surface area (Å²) in [4.78, 5) is 47.1. The van der Waals surface area contributed by atoms with Gasteiger partial charge in [0.2, 0.25) is 18.1 Å². The molecule has 39 heavy (non-hydrogen) atoms. The van der Waals surface area contributed by atoms with Crippen molar-refractivity contribution in [2.75, 3.05) is 12.4 Å². The molecule has 1 heterocycles. The van der Waals surface area contributed by atoms with Crippen LogP contribution in [0.5, 0.6) is 5.75 Å². The summed E-state index contributed by atoms with van der Waals surface area (Å²) in [5, 5.41) is 27.5. The van der Waals surface area contributed by atoms with Gasteiger partial charge in [0.15, 0.2) is 6.10 Å². The predicted molar refractivity (Wildman–Crippen MR) is 141 cm³/mol. The van der Waals surface area contributed by atoms with Crippen LogP contribution >= 0.6 is 0 Å². The maximum Gasteiger partial charge on any atom is 1.00 e. The van der Waals surface area contributed by atoms with E-state index in [9.17, 15) is 29.4 Å². The van der Waals surface area contributed by atoms with Gasteiger partial charge in [-0.3, -0.25) is 9.59 Å². The van der Waals surface area contributed by atoms with E-state index >= 15 is 0 Å². The van der Waals surface area contributed by atoms with Crippen molar-refractivity contribution in [3.8, 4) is 5.75 Å². The van der Waals surface area contributed by atoms with E-state index in [1.54, 1.807) is 13.1 Å². The number of likely N-dealkylation sites (N-methyl/N-ethyl adjacent to an activating group) is 1. The predicted octanol–water partition coefficient (Wildman–Crippen LogP) is -1.23. The molecule has 2 amide bonds. The molecule has 0 aromatic heterocycles. The van der Waals surface area contributed by atoms with Gasteiger partial charge >= 0.3 is 57.4 Å². The molecule has 1 fully saturated rings. The molecular formula is C26H41KN3O9-. The molecule has 1 aromatic rings. The fourth-order valence-electron chi connectivity index (χ4n) is 3.59. The van der Waals surface area contributed by atoms with Crippen molar-refractivity contribution in [3.05, 3.63) is 31.2 Å². The fraction of sp³-hybridized carbons (Fsp3) is 0.577. The molecular weight excluding hydrogens is 537 g/mol. The first-order chi connectivity index (χ1) is 17.5. The molecule has 0 saturated carbocycles. The first kappa shape index (κ1) is 39.6. The number of carboxylic acid groups (broad SMARTS) is 1. The van der Waals surface area contributed by atoms with Crippen LogP contribution < -0.4 is 72.1 Å². The van der Waals surface area contributed by atoms with Gasteiger partial charge in [-0.25, -0.2) is 4.79 Å². The van der Waals surface area contributed by atoms with E-state index in [-0.39, 0.29) is 102 Å². The van der Waals surface area contributed by atoms with Gasteiger partial charge in [-0.2, -0.15) is 0 Å². The van der Waals surface area contributed by atoms with E-state index in [1.807, 2.05) is 27.7 Å². The van der Waals surface area contributed by atoms with E-state index in [0.717, 1.165) is 0 Å². The third-order valence-electron chi connectivity index (χ3n) is 5.41. The molecule has 5 unspecified atom stereocenters. The summed E-state index contributed by atoms with van der Waals surface area (Å²) in [6, 6.07) is 3.16. The Kier molecular flexibility index (Phi) is 20.6. The Morgan fingerprint density at radius 3 is 2.33 bits per heavy atom. The van der Waals surface area contributed by atoms with Gasteiger partial charge in [-0.1, -0.05) is 40.2 Å². The molecule has 5 N–H and O–H groups in total. The van der Waals surface area contributed by atoms with Gasteiger partial charge < -0.3 is 52.6 Å². The van der Waals surface area contributed by atoms with Gasteiger partial charge in [0.1, 0.15) is 11.8 Å². The quantitative estimate of drug-likeness (QED) is 0.149. The number of hydrogen-bond donors (Lipinski definition) is 5. The molecule has 0 aliphatic carbocycles. The van der Waals surface area contributed by atoms with Gasteiger partial charge in [0.05, 0.1) is 24.4 Å². The van der Waals surface area contributed by atoms with Crippen LogP contribution in [0.2, 0.25) is 0 Å². The Labute approximate surface area is 273 Å². The Hall–Kier alpha value is -1.58. The van der Waals surface area contributed by atoms with Crippen molar-refractivity contribution in [2.24, 2.45) is 5.92 Å². The molecule has 0 radical (unpaired) electrons. The maximum atomic E-state index is 12.8. The second kappa shape index (κ2) is 20.3. The van der Waals surface area contributed by atoms with Gasteiger partial charge in [0, 0.05) is 12.8 Å². The number of aliphatic carboxylic acids is 1. The number of carbonyl (C=O) groups excluding carboxylic acids is 3. The second-order valence-corrected chi connectivity index (χ2v) is 8.57. The number of hydrogen-bond acceptors (Lipinski definition) is 9. The summed E-state index contributed by atoms with van der Waals surface area (Å²) in [5.74, 6) is -1.98.